The zero-order chi connectivity index (χ0) is 11.8. The highest BCUT2D eigenvalue weighted by molar-refractivity contribution is 5.92. The van der Waals surface area contributed by atoms with Crippen molar-refractivity contribution < 1.29 is 9.90 Å². The first-order valence-electron chi connectivity index (χ1n) is 6.04. The molecule has 1 amide bonds. The van der Waals surface area contributed by atoms with Gasteiger partial charge >= 0.3 is 0 Å². The first-order chi connectivity index (χ1) is 8.24. The minimum absolute atomic E-state index is 0.0918. The molecular weight excluding hydrogens is 218 g/mol. The molecule has 0 unspecified atom stereocenters. The molecule has 1 aromatic rings. The molecule has 0 aromatic carbocycles. The van der Waals surface area contributed by atoms with Crippen molar-refractivity contribution in [1.82, 2.24) is 14.9 Å². The Balaban J connectivity index is 1.78. The second-order valence-electron chi connectivity index (χ2n) is 4.77. The lowest BCUT2D eigenvalue weighted by molar-refractivity contribution is 0.0758. The summed E-state index contributed by atoms with van der Waals surface area (Å²) in [5.41, 5.74) is 0.455. The van der Waals surface area contributed by atoms with Gasteiger partial charge < -0.3 is 10.0 Å². The van der Waals surface area contributed by atoms with Crippen LogP contribution >= 0.6 is 0 Å². The zero-order valence-electron chi connectivity index (χ0n) is 9.54. The van der Waals surface area contributed by atoms with Gasteiger partial charge in [0.2, 0.25) is 0 Å². The zero-order valence-corrected chi connectivity index (χ0v) is 9.54. The maximum Gasteiger partial charge on any atom is 0.272 e. The maximum atomic E-state index is 12.1. The topological polar surface area (TPSA) is 66.3 Å². The minimum Gasteiger partial charge on any atom is -0.391 e. The lowest BCUT2D eigenvalue weighted by Crippen LogP contribution is -2.30. The molecule has 1 N–H and O–H groups in total. The average molecular weight is 233 g/mol. The van der Waals surface area contributed by atoms with Crippen LogP contribution in [0.25, 0.3) is 0 Å². The van der Waals surface area contributed by atoms with Crippen LogP contribution in [-0.2, 0) is 0 Å². The van der Waals surface area contributed by atoms with Crippen molar-refractivity contribution in [3.63, 3.8) is 0 Å². The molecule has 5 nitrogen and oxygen atoms in total. The summed E-state index contributed by atoms with van der Waals surface area (Å²) in [4.78, 5) is 22.3. The Morgan fingerprint density at radius 2 is 2.24 bits per heavy atom. The first kappa shape index (κ1) is 10.7. The van der Waals surface area contributed by atoms with Crippen LogP contribution in [0, 0.1) is 0 Å². The predicted molar refractivity (Wildman–Crippen MR) is 60.5 cm³/mol. The van der Waals surface area contributed by atoms with Gasteiger partial charge in [0.05, 0.1) is 6.10 Å². The summed E-state index contributed by atoms with van der Waals surface area (Å²) in [6.45, 7) is 1.03. The standard InChI is InChI=1S/C12H15N3O2/c16-9-4-6-15(7-9)12(17)10-3-5-13-11(14-10)8-1-2-8/h3,5,8-9,16H,1-2,4,6-7H2/t9-/m1/s1. The smallest absolute Gasteiger partial charge is 0.272 e. The molecule has 17 heavy (non-hydrogen) atoms. The molecule has 0 radical (unpaired) electrons. The van der Waals surface area contributed by atoms with Crippen LogP contribution in [0.15, 0.2) is 12.3 Å². The minimum atomic E-state index is -0.385. The van der Waals surface area contributed by atoms with Crippen LogP contribution in [0.1, 0.15) is 41.5 Å². The third-order valence-corrected chi connectivity index (χ3v) is 3.29. The summed E-state index contributed by atoms with van der Waals surface area (Å²) in [6.07, 6.45) is 4.18. The highest BCUT2D eigenvalue weighted by Gasteiger charge is 2.29. The van der Waals surface area contributed by atoms with E-state index in [0.29, 0.717) is 31.1 Å². The van der Waals surface area contributed by atoms with Gasteiger partial charge in [-0.15, -0.1) is 0 Å². The van der Waals surface area contributed by atoms with Gasteiger partial charge in [-0.05, 0) is 25.3 Å². The van der Waals surface area contributed by atoms with Gasteiger partial charge in [0.15, 0.2) is 0 Å². The summed E-state index contributed by atoms with van der Waals surface area (Å²) in [5, 5.41) is 9.42. The van der Waals surface area contributed by atoms with E-state index in [9.17, 15) is 9.90 Å². The SMILES string of the molecule is O=C(c1ccnc(C2CC2)n1)N1CC[C@@H](O)C1. The third kappa shape index (κ3) is 2.15. The number of aliphatic hydroxyl groups is 1. The highest BCUT2D eigenvalue weighted by atomic mass is 16.3. The van der Waals surface area contributed by atoms with Gasteiger partial charge in [-0.25, -0.2) is 9.97 Å². The molecule has 2 aliphatic rings. The van der Waals surface area contributed by atoms with E-state index in [1.54, 1.807) is 17.2 Å². The lowest BCUT2D eigenvalue weighted by Gasteiger charge is -2.14. The number of nitrogens with zero attached hydrogens (tertiary/aromatic N) is 3. The molecule has 5 heteroatoms. The molecule has 1 aromatic heterocycles. The normalized spacial score (nSPS) is 24.1. The van der Waals surface area contributed by atoms with E-state index in [-0.39, 0.29) is 12.0 Å². The summed E-state index contributed by atoms with van der Waals surface area (Å²) < 4.78 is 0. The van der Waals surface area contributed by atoms with Crippen LogP contribution in [0.2, 0.25) is 0 Å². The molecule has 1 saturated carbocycles. The number of amides is 1. The Morgan fingerprint density at radius 3 is 2.88 bits per heavy atom. The number of likely N-dealkylation sites (tertiary alicyclic amines) is 1. The van der Waals surface area contributed by atoms with Gasteiger partial charge in [0, 0.05) is 25.2 Å². The molecule has 3 rings (SSSR count). The number of β-amino-alcohol motifs (C(OH)–C–C–N with tert-alkyl or cyclic N) is 1. The van der Waals surface area contributed by atoms with E-state index in [1.165, 1.54) is 0 Å². The summed E-state index contributed by atoms with van der Waals surface area (Å²) >= 11 is 0. The van der Waals surface area contributed by atoms with Crippen molar-refractivity contribution >= 4 is 5.91 Å². The highest BCUT2D eigenvalue weighted by Crippen LogP contribution is 2.37. The molecule has 90 valence electrons. The van der Waals surface area contributed by atoms with Crippen molar-refractivity contribution in [2.45, 2.75) is 31.3 Å². The number of carbonyl (C=O) groups is 1. The van der Waals surface area contributed by atoms with Crippen LogP contribution in [0.3, 0.4) is 0 Å². The van der Waals surface area contributed by atoms with Crippen molar-refractivity contribution in [3.8, 4) is 0 Å². The van der Waals surface area contributed by atoms with E-state index in [4.69, 9.17) is 0 Å². The van der Waals surface area contributed by atoms with E-state index in [1.807, 2.05) is 0 Å². The number of aromatic nitrogens is 2. The van der Waals surface area contributed by atoms with Gasteiger partial charge in [0.25, 0.3) is 5.91 Å². The molecule has 2 heterocycles. The fourth-order valence-corrected chi connectivity index (χ4v) is 2.12. The first-order valence-corrected chi connectivity index (χ1v) is 6.04. The van der Waals surface area contributed by atoms with Crippen LogP contribution < -0.4 is 0 Å². The Kier molecular flexibility index (Phi) is 2.55. The van der Waals surface area contributed by atoms with Gasteiger partial charge in [-0.3, -0.25) is 4.79 Å². The summed E-state index contributed by atoms with van der Waals surface area (Å²) in [6, 6.07) is 1.65. The molecular formula is C12H15N3O2. The fraction of sp³-hybridized carbons (Fsp3) is 0.583. The molecule has 1 saturated heterocycles. The number of carbonyl (C=O) groups excluding carboxylic acids is 1. The fourth-order valence-electron chi connectivity index (χ4n) is 2.12. The third-order valence-electron chi connectivity index (χ3n) is 3.29. The molecule has 2 fully saturated rings. The predicted octanol–water partition coefficient (Wildman–Crippen LogP) is 0.561. The number of hydrogen-bond donors (Lipinski definition) is 1. The Hall–Kier alpha value is -1.49. The van der Waals surface area contributed by atoms with Gasteiger partial charge in [0.1, 0.15) is 11.5 Å². The van der Waals surface area contributed by atoms with Crippen molar-refractivity contribution in [2.75, 3.05) is 13.1 Å². The van der Waals surface area contributed by atoms with Gasteiger partial charge in [-0.2, -0.15) is 0 Å². The largest absolute Gasteiger partial charge is 0.391 e. The molecule has 1 aliphatic heterocycles. The Labute approximate surface area is 99.5 Å². The summed E-state index contributed by atoms with van der Waals surface area (Å²) in [7, 11) is 0. The lowest BCUT2D eigenvalue weighted by atomic mass is 10.3. The Morgan fingerprint density at radius 1 is 1.41 bits per heavy atom. The van der Waals surface area contributed by atoms with Crippen molar-refractivity contribution in [1.29, 1.82) is 0 Å². The molecule has 0 bridgehead atoms. The number of hydrogen-bond acceptors (Lipinski definition) is 4. The molecule has 1 aliphatic carbocycles. The summed E-state index contributed by atoms with van der Waals surface area (Å²) in [5.74, 6) is 1.15. The molecule has 1 atom stereocenters. The van der Waals surface area contributed by atoms with Crippen molar-refractivity contribution in [3.05, 3.63) is 23.8 Å². The van der Waals surface area contributed by atoms with E-state index >= 15 is 0 Å². The van der Waals surface area contributed by atoms with Crippen LogP contribution in [-0.4, -0.2) is 45.1 Å². The van der Waals surface area contributed by atoms with Crippen molar-refractivity contribution in [2.24, 2.45) is 0 Å². The molecule has 0 spiro atoms. The number of aliphatic hydroxyl groups excluding tert-OH is 1. The number of rotatable bonds is 2. The monoisotopic (exact) mass is 233 g/mol. The van der Waals surface area contributed by atoms with Crippen LogP contribution in [0.5, 0.6) is 0 Å². The quantitative estimate of drug-likeness (QED) is 0.810. The van der Waals surface area contributed by atoms with E-state index < -0.39 is 0 Å². The van der Waals surface area contributed by atoms with E-state index in [2.05, 4.69) is 9.97 Å². The second-order valence-corrected chi connectivity index (χ2v) is 4.77. The van der Waals surface area contributed by atoms with E-state index in [0.717, 1.165) is 18.7 Å². The Bertz CT molecular complexity index is 445. The van der Waals surface area contributed by atoms with Crippen LogP contribution in [0.4, 0.5) is 0 Å². The second kappa shape index (κ2) is 4.07. The van der Waals surface area contributed by atoms with Gasteiger partial charge in [-0.1, -0.05) is 0 Å². The maximum absolute atomic E-state index is 12.1. The average Bonchev–Trinajstić information content (AvgIpc) is 3.11.